The molecule has 1 aromatic carbocycles. The molecular formula is C14H15N3O. The molecule has 4 heteroatoms. The lowest BCUT2D eigenvalue weighted by molar-refractivity contribution is 0.352. The van der Waals surface area contributed by atoms with Gasteiger partial charge in [0.1, 0.15) is 0 Å². The second-order valence-corrected chi connectivity index (χ2v) is 5.15. The van der Waals surface area contributed by atoms with Gasteiger partial charge in [-0.25, -0.2) is 0 Å². The zero-order chi connectivity index (χ0) is 11.9. The number of fused-ring (bicyclic) bond motifs is 1. The van der Waals surface area contributed by atoms with Gasteiger partial charge in [-0.3, -0.25) is 0 Å². The third-order valence-corrected chi connectivity index (χ3v) is 3.79. The lowest BCUT2D eigenvalue weighted by Gasteiger charge is -2.23. The van der Waals surface area contributed by atoms with Crippen molar-refractivity contribution in [2.45, 2.75) is 31.2 Å². The Bertz CT molecular complexity index is 574. The van der Waals surface area contributed by atoms with E-state index in [4.69, 9.17) is 4.52 Å². The van der Waals surface area contributed by atoms with Crippen LogP contribution in [0.3, 0.4) is 0 Å². The van der Waals surface area contributed by atoms with Crippen LogP contribution in [0.4, 0.5) is 0 Å². The molecule has 1 fully saturated rings. The van der Waals surface area contributed by atoms with Gasteiger partial charge < -0.3 is 9.84 Å². The predicted molar refractivity (Wildman–Crippen MR) is 66.3 cm³/mol. The zero-order valence-corrected chi connectivity index (χ0v) is 10.1. The van der Waals surface area contributed by atoms with Gasteiger partial charge in [-0.05, 0) is 24.0 Å². The topological polar surface area (TPSA) is 51.0 Å². The molecule has 0 spiro atoms. The maximum absolute atomic E-state index is 5.46. The third kappa shape index (κ3) is 1.64. The van der Waals surface area contributed by atoms with E-state index in [0.717, 1.165) is 24.8 Å². The molecule has 0 amide bonds. The first-order chi connectivity index (χ1) is 8.92. The molecule has 92 valence electrons. The van der Waals surface area contributed by atoms with E-state index in [1.165, 1.54) is 24.0 Å². The molecule has 1 aliphatic heterocycles. The van der Waals surface area contributed by atoms with E-state index in [0.29, 0.717) is 5.92 Å². The molecule has 1 unspecified atom stereocenters. The van der Waals surface area contributed by atoms with Crippen molar-refractivity contribution in [1.82, 2.24) is 15.5 Å². The lowest BCUT2D eigenvalue weighted by atomic mass is 9.91. The molecular weight excluding hydrogens is 226 g/mol. The van der Waals surface area contributed by atoms with Gasteiger partial charge in [0.2, 0.25) is 5.89 Å². The highest BCUT2D eigenvalue weighted by molar-refractivity contribution is 5.36. The number of benzene rings is 1. The summed E-state index contributed by atoms with van der Waals surface area (Å²) in [5, 5.41) is 7.53. The van der Waals surface area contributed by atoms with Crippen molar-refractivity contribution in [2.24, 2.45) is 0 Å². The number of hydrogen-bond acceptors (Lipinski definition) is 4. The summed E-state index contributed by atoms with van der Waals surface area (Å²) < 4.78 is 5.46. The number of nitrogens with zero attached hydrogens (tertiary/aromatic N) is 2. The molecule has 0 bridgehead atoms. The molecule has 2 aromatic rings. The Morgan fingerprint density at radius 2 is 2.11 bits per heavy atom. The molecule has 4 rings (SSSR count). The van der Waals surface area contributed by atoms with Gasteiger partial charge in [-0.2, -0.15) is 4.98 Å². The molecule has 2 aliphatic rings. The molecule has 4 nitrogen and oxygen atoms in total. The summed E-state index contributed by atoms with van der Waals surface area (Å²) in [6, 6.07) is 8.48. The Hall–Kier alpha value is -1.68. The lowest BCUT2D eigenvalue weighted by Crippen LogP contribution is -2.28. The fourth-order valence-electron chi connectivity index (χ4n) is 2.61. The maximum Gasteiger partial charge on any atom is 0.235 e. The molecule has 0 radical (unpaired) electrons. The Balaban J connectivity index is 1.71. The van der Waals surface area contributed by atoms with Gasteiger partial charge in [0.25, 0.3) is 0 Å². The van der Waals surface area contributed by atoms with Crippen LogP contribution >= 0.6 is 0 Å². The predicted octanol–water partition coefficient (Wildman–Crippen LogP) is 2.18. The van der Waals surface area contributed by atoms with Crippen molar-refractivity contribution in [3.63, 3.8) is 0 Å². The van der Waals surface area contributed by atoms with Crippen molar-refractivity contribution < 1.29 is 4.52 Å². The smallest absolute Gasteiger partial charge is 0.235 e. The van der Waals surface area contributed by atoms with Crippen molar-refractivity contribution >= 4 is 0 Å². The van der Waals surface area contributed by atoms with Crippen LogP contribution in [0.1, 0.15) is 47.5 Å². The standard InChI is InChI=1S/C14H15N3O/c1-2-4-11-10(3-1)7-15-8-12(11)14-16-13(17-18-14)9-5-6-9/h1-4,9,12,15H,5-8H2. The normalized spacial score (nSPS) is 22.8. The minimum Gasteiger partial charge on any atom is -0.339 e. The first-order valence-electron chi connectivity index (χ1n) is 6.54. The van der Waals surface area contributed by atoms with Crippen LogP contribution in [0.15, 0.2) is 28.8 Å². The van der Waals surface area contributed by atoms with E-state index in [1.807, 2.05) is 0 Å². The van der Waals surface area contributed by atoms with Crippen LogP contribution in [0, 0.1) is 0 Å². The summed E-state index contributed by atoms with van der Waals surface area (Å²) in [5.41, 5.74) is 2.65. The Morgan fingerprint density at radius 1 is 1.22 bits per heavy atom. The minimum atomic E-state index is 0.204. The Kier molecular flexibility index (Phi) is 2.23. The van der Waals surface area contributed by atoms with Crippen LogP contribution in [0.5, 0.6) is 0 Å². The minimum absolute atomic E-state index is 0.204. The molecule has 1 aromatic heterocycles. The average molecular weight is 241 g/mol. The number of aromatic nitrogens is 2. The largest absolute Gasteiger partial charge is 0.339 e. The first-order valence-corrected chi connectivity index (χ1v) is 6.54. The van der Waals surface area contributed by atoms with Crippen molar-refractivity contribution in [2.75, 3.05) is 6.54 Å². The van der Waals surface area contributed by atoms with Crippen LogP contribution in [-0.4, -0.2) is 16.7 Å². The van der Waals surface area contributed by atoms with Crippen molar-refractivity contribution in [3.05, 3.63) is 47.1 Å². The van der Waals surface area contributed by atoms with Gasteiger partial charge in [0, 0.05) is 19.0 Å². The number of nitrogens with one attached hydrogen (secondary N) is 1. The summed E-state index contributed by atoms with van der Waals surface area (Å²) in [5.74, 6) is 2.41. The molecule has 1 aliphatic carbocycles. The van der Waals surface area contributed by atoms with Gasteiger partial charge in [-0.1, -0.05) is 29.4 Å². The highest BCUT2D eigenvalue weighted by Gasteiger charge is 2.31. The van der Waals surface area contributed by atoms with Gasteiger partial charge >= 0.3 is 0 Å². The van der Waals surface area contributed by atoms with E-state index < -0.39 is 0 Å². The summed E-state index contributed by atoms with van der Waals surface area (Å²) in [6.45, 7) is 1.81. The van der Waals surface area contributed by atoms with E-state index >= 15 is 0 Å². The Morgan fingerprint density at radius 3 is 3.00 bits per heavy atom. The van der Waals surface area contributed by atoms with E-state index in [-0.39, 0.29) is 5.92 Å². The quantitative estimate of drug-likeness (QED) is 0.875. The third-order valence-electron chi connectivity index (χ3n) is 3.79. The summed E-state index contributed by atoms with van der Waals surface area (Å²) >= 11 is 0. The van der Waals surface area contributed by atoms with Gasteiger partial charge in [-0.15, -0.1) is 0 Å². The van der Waals surface area contributed by atoms with Crippen molar-refractivity contribution in [1.29, 1.82) is 0 Å². The molecule has 1 N–H and O–H groups in total. The monoisotopic (exact) mass is 241 g/mol. The number of rotatable bonds is 2. The van der Waals surface area contributed by atoms with Gasteiger partial charge in [0.05, 0.1) is 5.92 Å². The summed E-state index contributed by atoms with van der Waals surface area (Å²) in [4.78, 5) is 4.58. The fourth-order valence-corrected chi connectivity index (χ4v) is 2.61. The molecule has 2 heterocycles. The molecule has 18 heavy (non-hydrogen) atoms. The molecule has 0 saturated heterocycles. The molecule has 1 atom stereocenters. The summed E-state index contributed by atoms with van der Waals surface area (Å²) in [6.07, 6.45) is 2.41. The maximum atomic E-state index is 5.46. The zero-order valence-electron chi connectivity index (χ0n) is 10.1. The van der Waals surface area contributed by atoms with Crippen LogP contribution in [0.25, 0.3) is 0 Å². The van der Waals surface area contributed by atoms with Gasteiger partial charge in [0.15, 0.2) is 5.82 Å². The summed E-state index contributed by atoms with van der Waals surface area (Å²) in [7, 11) is 0. The highest BCUT2D eigenvalue weighted by atomic mass is 16.5. The van der Waals surface area contributed by atoms with E-state index in [1.54, 1.807) is 0 Å². The van der Waals surface area contributed by atoms with Crippen LogP contribution in [0.2, 0.25) is 0 Å². The van der Waals surface area contributed by atoms with Crippen molar-refractivity contribution in [3.8, 4) is 0 Å². The van der Waals surface area contributed by atoms with E-state index in [2.05, 4.69) is 39.7 Å². The second-order valence-electron chi connectivity index (χ2n) is 5.15. The number of hydrogen-bond donors (Lipinski definition) is 1. The molecule has 1 saturated carbocycles. The van der Waals surface area contributed by atoms with Crippen LogP contribution < -0.4 is 5.32 Å². The second kappa shape index (κ2) is 3.92. The highest BCUT2D eigenvalue weighted by Crippen LogP contribution is 2.39. The fraction of sp³-hybridized carbons (Fsp3) is 0.429. The SMILES string of the molecule is c1ccc2c(c1)CNCC2c1nc(C2CC2)no1. The van der Waals surface area contributed by atoms with Crippen LogP contribution in [-0.2, 0) is 6.54 Å². The average Bonchev–Trinajstić information content (AvgIpc) is 3.16. The first kappa shape index (κ1) is 10.3. The Labute approximate surface area is 105 Å². The van der Waals surface area contributed by atoms with E-state index in [9.17, 15) is 0 Å².